The first-order chi connectivity index (χ1) is 7.13. The molecule has 0 aromatic rings. The van der Waals surface area contributed by atoms with Gasteiger partial charge in [-0.25, -0.2) is 4.79 Å². The van der Waals surface area contributed by atoms with Gasteiger partial charge in [0.05, 0.1) is 13.2 Å². The minimum Gasteiger partial charge on any atom is -0.466 e. The molecular weight excluding hydrogens is 196 g/mol. The van der Waals surface area contributed by atoms with Crippen molar-refractivity contribution >= 4 is 11.9 Å². The summed E-state index contributed by atoms with van der Waals surface area (Å²) >= 11 is 0. The molecule has 1 aliphatic carbocycles. The van der Waals surface area contributed by atoms with Crippen molar-refractivity contribution in [3.8, 4) is 0 Å². The van der Waals surface area contributed by atoms with Crippen LogP contribution in [0.4, 0.5) is 0 Å². The molecule has 0 radical (unpaired) electrons. The van der Waals surface area contributed by atoms with Crippen molar-refractivity contribution in [3.05, 3.63) is 12.2 Å². The molecule has 1 aliphatic rings. The van der Waals surface area contributed by atoms with Crippen molar-refractivity contribution in [2.45, 2.75) is 20.3 Å². The van der Waals surface area contributed by atoms with E-state index >= 15 is 0 Å². The topological polar surface area (TPSA) is 52.6 Å². The van der Waals surface area contributed by atoms with E-state index in [9.17, 15) is 9.59 Å². The van der Waals surface area contributed by atoms with Gasteiger partial charge in [0.1, 0.15) is 0 Å². The van der Waals surface area contributed by atoms with E-state index in [1.807, 2.05) is 6.08 Å². The maximum Gasteiger partial charge on any atom is 0.330 e. The van der Waals surface area contributed by atoms with Gasteiger partial charge in [-0.3, -0.25) is 4.79 Å². The van der Waals surface area contributed by atoms with Crippen LogP contribution in [0, 0.1) is 11.8 Å². The van der Waals surface area contributed by atoms with Crippen LogP contribution in [-0.4, -0.2) is 25.2 Å². The zero-order chi connectivity index (χ0) is 11.3. The molecule has 0 saturated heterocycles. The Morgan fingerprint density at radius 1 is 1.40 bits per heavy atom. The molecule has 1 rings (SSSR count). The van der Waals surface area contributed by atoms with Crippen molar-refractivity contribution < 1.29 is 19.1 Å². The Balaban J connectivity index is 2.15. The maximum atomic E-state index is 11.0. The number of hydrogen-bond acceptors (Lipinski definition) is 4. The second-order valence-electron chi connectivity index (χ2n) is 3.57. The van der Waals surface area contributed by atoms with Gasteiger partial charge in [0, 0.05) is 13.0 Å². The highest BCUT2D eigenvalue weighted by atomic mass is 16.5. The van der Waals surface area contributed by atoms with Gasteiger partial charge in [0.15, 0.2) is 0 Å². The minimum absolute atomic E-state index is 0.255. The highest BCUT2D eigenvalue weighted by Gasteiger charge is 2.35. The molecule has 0 bridgehead atoms. The zero-order valence-corrected chi connectivity index (χ0v) is 9.06. The molecule has 4 nitrogen and oxygen atoms in total. The second kappa shape index (κ2) is 5.53. The number of hydrogen-bond donors (Lipinski definition) is 0. The first kappa shape index (κ1) is 11.8. The lowest BCUT2D eigenvalue weighted by molar-refractivity contribution is -0.141. The summed E-state index contributed by atoms with van der Waals surface area (Å²) in [7, 11) is 0. The van der Waals surface area contributed by atoms with Crippen LogP contribution in [0.1, 0.15) is 20.3 Å². The van der Waals surface area contributed by atoms with Crippen LogP contribution in [0.5, 0.6) is 0 Å². The van der Waals surface area contributed by atoms with E-state index in [2.05, 4.69) is 0 Å². The van der Waals surface area contributed by atoms with Crippen LogP contribution in [0.2, 0.25) is 0 Å². The average molecular weight is 212 g/mol. The molecule has 0 unspecified atom stereocenters. The van der Waals surface area contributed by atoms with Gasteiger partial charge in [-0.1, -0.05) is 6.08 Å². The Morgan fingerprint density at radius 2 is 2.13 bits per heavy atom. The summed E-state index contributed by atoms with van der Waals surface area (Å²) in [4.78, 5) is 21.5. The lowest BCUT2D eigenvalue weighted by Gasteiger charge is -1.98. The molecule has 4 heteroatoms. The summed E-state index contributed by atoms with van der Waals surface area (Å²) in [6.45, 7) is 4.01. The Hall–Kier alpha value is -1.32. The molecule has 84 valence electrons. The average Bonchev–Trinajstić information content (AvgIpc) is 2.91. The van der Waals surface area contributed by atoms with Crippen LogP contribution in [0.3, 0.4) is 0 Å². The summed E-state index contributed by atoms with van der Waals surface area (Å²) < 4.78 is 9.60. The van der Waals surface area contributed by atoms with E-state index in [-0.39, 0.29) is 11.9 Å². The number of ether oxygens (including phenoxy) is 2. The van der Waals surface area contributed by atoms with Gasteiger partial charge >= 0.3 is 11.9 Å². The number of carbonyl (C=O) groups excluding carboxylic acids is 2. The molecule has 0 amide bonds. The molecule has 0 spiro atoms. The van der Waals surface area contributed by atoms with Crippen LogP contribution in [0.25, 0.3) is 0 Å². The fourth-order valence-electron chi connectivity index (χ4n) is 1.32. The Kier molecular flexibility index (Phi) is 4.34. The highest BCUT2D eigenvalue weighted by molar-refractivity contribution is 5.81. The van der Waals surface area contributed by atoms with Crippen molar-refractivity contribution in [2.75, 3.05) is 13.2 Å². The van der Waals surface area contributed by atoms with Crippen LogP contribution in [0.15, 0.2) is 12.2 Å². The van der Waals surface area contributed by atoms with E-state index in [0.717, 1.165) is 6.42 Å². The molecular formula is C11H16O4. The number of esters is 2. The van der Waals surface area contributed by atoms with Crippen molar-refractivity contribution in [3.63, 3.8) is 0 Å². The third kappa shape index (κ3) is 4.63. The van der Waals surface area contributed by atoms with Crippen molar-refractivity contribution in [1.29, 1.82) is 0 Å². The van der Waals surface area contributed by atoms with Gasteiger partial charge in [0.2, 0.25) is 0 Å². The summed E-state index contributed by atoms with van der Waals surface area (Å²) in [5.74, 6) is 0.166. The van der Waals surface area contributed by atoms with Crippen LogP contribution >= 0.6 is 0 Å². The quantitative estimate of drug-likeness (QED) is 0.509. The lowest BCUT2D eigenvalue weighted by atomic mass is 10.3. The van der Waals surface area contributed by atoms with Gasteiger partial charge in [-0.2, -0.15) is 0 Å². The van der Waals surface area contributed by atoms with Gasteiger partial charge < -0.3 is 9.47 Å². The predicted octanol–water partition coefficient (Wildman–Crippen LogP) is 1.30. The standard InChI is InChI=1S/C11H16O4/c1-3-14-11(13)5-4-9-6-10(9)7-15-8(2)12/h4-5,9-10H,3,6-7H2,1-2H3/b5-4+/t9-,10-/m1/s1. The first-order valence-corrected chi connectivity index (χ1v) is 5.11. The number of rotatable bonds is 5. The van der Waals surface area contributed by atoms with E-state index in [1.54, 1.807) is 6.92 Å². The highest BCUT2D eigenvalue weighted by Crippen LogP contribution is 2.39. The molecule has 0 aromatic carbocycles. The SMILES string of the molecule is CCOC(=O)/C=C/[C@@H]1C[C@@H]1COC(C)=O. The summed E-state index contributed by atoms with van der Waals surface area (Å²) in [6, 6.07) is 0. The molecule has 15 heavy (non-hydrogen) atoms. The number of allylic oxidation sites excluding steroid dienone is 1. The molecule has 0 aliphatic heterocycles. The summed E-state index contributed by atoms with van der Waals surface area (Å²) in [5, 5.41) is 0. The Morgan fingerprint density at radius 3 is 2.73 bits per heavy atom. The Labute approximate surface area is 89.2 Å². The lowest BCUT2D eigenvalue weighted by Crippen LogP contribution is -2.03. The molecule has 1 saturated carbocycles. The largest absolute Gasteiger partial charge is 0.466 e. The zero-order valence-electron chi connectivity index (χ0n) is 9.06. The fourth-order valence-corrected chi connectivity index (χ4v) is 1.32. The minimum atomic E-state index is -0.310. The van der Waals surface area contributed by atoms with Crippen LogP contribution < -0.4 is 0 Å². The first-order valence-electron chi connectivity index (χ1n) is 5.11. The fraction of sp³-hybridized carbons (Fsp3) is 0.636. The normalized spacial score (nSPS) is 23.9. The third-order valence-electron chi connectivity index (χ3n) is 2.24. The van der Waals surface area contributed by atoms with E-state index in [1.165, 1.54) is 13.0 Å². The smallest absolute Gasteiger partial charge is 0.330 e. The van der Waals surface area contributed by atoms with E-state index in [0.29, 0.717) is 25.0 Å². The van der Waals surface area contributed by atoms with E-state index in [4.69, 9.17) is 9.47 Å². The summed E-state index contributed by atoms with van der Waals surface area (Å²) in [5.41, 5.74) is 0. The third-order valence-corrected chi connectivity index (χ3v) is 2.24. The molecule has 0 heterocycles. The Bertz CT molecular complexity index is 270. The predicted molar refractivity (Wildman–Crippen MR) is 54.0 cm³/mol. The number of carbonyl (C=O) groups is 2. The van der Waals surface area contributed by atoms with Crippen LogP contribution in [-0.2, 0) is 19.1 Å². The molecule has 0 aromatic heterocycles. The monoisotopic (exact) mass is 212 g/mol. The summed E-state index contributed by atoms with van der Waals surface area (Å²) in [6.07, 6.45) is 4.25. The molecule has 2 atom stereocenters. The van der Waals surface area contributed by atoms with Gasteiger partial charge in [0.25, 0.3) is 0 Å². The molecule has 0 N–H and O–H groups in total. The van der Waals surface area contributed by atoms with Crippen molar-refractivity contribution in [2.24, 2.45) is 11.8 Å². The van der Waals surface area contributed by atoms with Gasteiger partial charge in [-0.15, -0.1) is 0 Å². The van der Waals surface area contributed by atoms with Gasteiger partial charge in [-0.05, 0) is 25.2 Å². The van der Waals surface area contributed by atoms with Crippen molar-refractivity contribution in [1.82, 2.24) is 0 Å². The maximum absolute atomic E-state index is 11.0. The van der Waals surface area contributed by atoms with E-state index < -0.39 is 0 Å². The second-order valence-corrected chi connectivity index (χ2v) is 3.57. The molecule has 1 fully saturated rings.